The quantitative estimate of drug-likeness (QED) is 0.193. The highest BCUT2D eigenvalue weighted by Crippen LogP contribution is 2.41. The highest BCUT2D eigenvalue weighted by atomic mass is 32.1. The lowest BCUT2D eigenvalue weighted by Gasteiger charge is -2.25. The molecule has 6 heteroatoms. The van der Waals surface area contributed by atoms with Crippen LogP contribution < -0.4 is 4.90 Å². The predicted octanol–water partition coefficient (Wildman–Crippen LogP) is 10.2. The molecule has 9 aromatic rings. The zero-order valence-corrected chi connectivity index (χ0v) is 24.7. The van der Waals surface area contributed by atoms with Crippen LogP contribution in [0.2, 0.25) is 0 Å². The molecule has 4 aromatic carbocycles. The lowest BCUT2D eigenvalue weighted by Crippen LogP contribution is -2.12. The number of imidazole rings is 1. The molecule has 0 fully saturated rings. The van der Waals surface area contributed by atoms with E-state index in [-0.39, 0.29) is 0 Å². The maximum absolute atomic E-state index is 5.31. The normalized spacial score (nSPS) is 11.8. The van der Waals surface area contributed by atoms with Gasteiger partial charge >= 0.3 is 0 Å². The van der Waals surface area contributed by atoms with Crippen LogP contribution in [0, 0.1) is 6.92 Å². The Hall–Kier alpha value is -5.59. The van der Waals surface area contributed by atoms with E-state index in [0.717, 1.165) is 55.5 Å². The summed E-state index contributed by atoms with van der Waals surface area (Å²) in [6.07, 6.45) is 3.91. The van der Waals surface area contributed by atoms with Crippen molar-refractivity contribution in [1.29, 1.82) is 0 Å². The van der Waals surface area contributed by atoms with Gasteiger partial charge in [-0.1, -0.05) is 66.7 Å². The van der Waals surface area contributed by atoms with Crippen LogP contribution in [0.1, 0.15) is 5.69 Å². The van der Waals surface area contributed by atoms with Gasteiger partial charge in [-0.15, -0.1) is 11.3 Å². The number of anilines is 3. The molecule has 0 aliphatic heterocycles. The molecule has 0 radical (unpaired) electrons. The van der Waals surface area contributed by atoms with Crippen molar-refractivity contribution in [3.63, 3.8) is 0 Å². The highest BCUT2D eigenvalue weighted by molar-refractivity contribution is 7.26. The summed E-state index contributed by atoms with van der Waals surface area (Å²) in [6.45, 7) is 2.04. The summed E-state index contributed by atoms with van der Waals surface area (Å²) in [5, 5.41) is 5.88. The molecule has 0 aliphatic carbocycles. The zero-order chi connectivity index (χ0) is 29.2. The molecule has 0 saturated heterocycles. The van der Waals surface area contributed by atoms with Crippen LogP contribution in [0.3, 0.4) is 0 Å². The maximum atomic E-state index is 5.31. The number of aryl methyl sites for hydroxylation is 1. The number of nitrogens with zero attached hydrogens (tertiary/aromatic N) is 5. The Balaban J connectivity index is 1.25. The molecule has 9 rings (SSSR count). The van der Waals surface area contributed by atoms with Crippen LogP contribution in [-0.2, 0) is 0 Å². The lowest BCUT2D eigenvalue weighted by molar-refractivity contribution is 1.19. The number of rotatable bonds is 4. The summed E-state index contributed by atoms with van der Waals surface area (Å²) < 4.78 is 3.38. The van der Waals surface area contributed by atoms with E-state index in [9.17, 15) is 0 Å². The Kier molecular flexibility index (Phi) is 5.52. The van der Waals surface area contributed by atoms with Crippen LogP contribution in [0.25, 0.3) is 58.9 Å². The number of thiophene rings is 1. The second-order valence-electron chi connectivity index (χ2n) is 11.0. The minimum atomic E-state index is 0.847. The van der Waals surface area contributed by atoms with Gasteiger partial charge in [0.1, 0.15) is 16.3 Å². The first-order valence-electron chi connectivity index (χ1n) is 14.6. The fourth-order valence-corrected chi connectivity index (χ4v) is 7.60. The van der Waals surface area contributed by atoms with Gasteiger partial charge in [-0.25, -0.2) is 15.0 Å². The minimum Gasteiger partial charge on any atom is -0.299 e. The summed E-state index contributed by atoms with van der Waals surface area (Å²) in [5.74, 6) is 0.847. The molecule has 208 valence electrons. The zero-order valence-electron chi connectivity index (χ0n) is 23.8. The summed E-state index contributed by atoms with van der Waals surface area (Å²) in [4.78, 5) is 18.2. The third-order valence-corrected chi connectivity index (χ3v) is 9.50. The van der Waals surface area contributed by atoms with Crippen LogP contribution in [0.4, 0.5) is 17.2 Å². The van der Waals surface area contributed by atoms with E-state index in [4.69, 9.17) is 15.0 Å². The molecule has 5 heterocycles. The third kappa shape index (κ3) is 3.81. The molecule has 0 amide bonds. The SMILES string of the molecule is Cc1ccc2c(n1)sc1c(-c3cccc(N(c4ccccc4)c4ccc5c6ccccc6n6ccnc6c5c4)n3)cccc12. The third-order valence-electron chi connectivity index (χ3n) is 8.35. The summed E-state index contributed by atoms with van der Waals surface area (Å²) in [7, 11) is 0. The largest absolute Gasteiger partial charge is 0.299 e. The van der Waals surface area contributed by atoms with Crippen LogP contribution in [0.15, 0.2) is 134 Å². The molecular formula is C38H25N5S. The van der Waals surface area contributed by atoms with E-state index in [1.165, 1.54) is 26.2 Å². The van der Waals surface area contributed by atoms with Gasteiger partial charge in [0.25, 0.3) is 0 Å². The molecule has 5 nitrogen and oxygen atoms in total. The van der Waals surface area contributed by atoms with Crippen molar-refractivity contribution >= 4 is 76.2 Å². The monoisotopic (exact) mass is 583 g/mol. The number of fused-ring (bicyclic) bond motifs is 9. The van der Waals surface area contributed by atoms with Crippen LogP contribution in [0.5, 0.6) is 0 Å². The van der Waals surface area contributed by atoms with E-state index in [2.05, 4.69) is 125 Å². The van der Waals surface area contributed by atoms with E-state index in [0.29, 0.717) is 0 Å². The van der Waals surface area contributed by atoms with Crippen molar-refractivity contribution in [3.8, 4) is 11.3 Å². The molecule has 0 saturated carbocycles. The highest BCUT2D eigenvalue weighted by Gasteiger charge is 2.18. The molecule has 5 aromatic heterocycles. The average Bonchev–Trinajstić information content (AvgIpc) is 3.71. The summed E-state index contributed by atoms with van der Waals surface area (Å²) in [5.41, 5.74) is 7.22. The first kappa shape index (κ1) is 25.0. The second-order valence-corrected chi connectivity index (χ2v) is 12.0. The Morgan fingerprint density at radius 3 is 2.39 bits per heavy atom. The van der Waals surface area contributed by atoms with E-state index < -0.39 is 0 Å². The van der Waals surface area contributed by atoms with Gasteiger partial charge < -0.3 is 0 Å². The number of pyridine rings is 3. The number of para-hydroxylation sites is 2. The molecule has 0 unspecified atom stereocenters. The van der Waals surface area contributed by atoms with Gasteiger partial charge in [-0.3, -0.25) is 9.30 Å². The van der Waals surface area contributed by atoms with Crippen molar-refractivity contribution in [1.82, 2.24) is 19.4 Å². The summed E-state index contributed by atoms with van der Waals surface area (Å²) in [6, 6.07) is 42.6. The molecule has 0 bridgehead atoms. The van der Waals surface area contributed by atoms with E-state index >= 15 is 0 Å². The van der Waals surface area contributed by atoms with Gasteiger partial charge in [0.15, 0.2) is 0 Å². The van der Waals surface area contributed by atoms with Crippen molar-refractivity contribution in [3.05, 3.63) is 139 Å². The Labute approximate surface area is 257 Å². The average molecular weight is 584 g/mol. The number of hydrogen-bond donors (Lipinski definition) is 0. The van der Waals surface area contributed by atoms with Gasteiger partial charge in [-0.05, 0) is 66.9 Å². The standard InChI is InChI=1S/C38H25N5S/c1-24-17-19-30-29-12-7-13-31(36(29)44-38(30)40-24)33-14-8-16-35(41-33)43(25-9-3-2-4-10-25)26-18-20-27-28-11-5-6-15-34(28)42-22-21-39-37(42)32(27)23-26/h2-23H,1H3. The Morgan fingerprint density at radius 1 is 0.636 bits per heavy atom. The molecule has 44 heavy (non-hydrogen) atoms. The first-order chi connectivity index (χ1) is 21.7. The topological polar surface area (TPSA) is 46.3 Å². The molecule has 0 atom stereocenters. The molecule has 0 N–H and O–H groups in total. The van der Waals surface area contributed by atoms with Gasteiger partial charge in [0.05, 0.1) is 11.2 Å². The van der Waals surface area contributed by atoms with Gasteiger partial charge in [0, 0.05) is 61.3 Å². The molecule has 0 spiro atoms. The van der Waals surface area contributed by atoms with Gasteiger partial charge in [-0.2, -0.15) is 0 Å². The van der Waals surface area contributed by atoms with E-state index in [1.54, 1.807) is 11.3 Å². The van der Waals surface area contributed by atoms with Crippen LogP contribution >= 0.6 is 11.3 Å². The molecule has 0 aliphatic rings. The Morgan fingerprint density at radius 2 is 1.45 bits per heavy atom. The fraction of sp³-hybridized carbons (Fsp3) is 0.0263. The predicted molar refractivity (Wildman–Crippen MR) is 184 cm³/mol. The van der Waals surface area contributed by atoms with Crippen molar-refractivity contribution in [2.24, 2.45) is 0 Å². The number of aromatic nitrogens is 4. The van der Waals surface area contributed by atoms with Gasteiger partial charge in [0.2, 0.25) is 0 Å². The smallest absolute Gasteiger partial charge is 0.145 e. The Bertz CT molecular complexity index is 2530. The first-order valence-corrected chi connectivity index (χ1v) is 15.4. The fourth-order valence-electron chi connectivity index (χ4n) is 6.36. The van der Waals surface area contributed by atoms with Crippen molar-refractivity contribution in [2.45, 2.75) is 6.92 Å². The second kappa shape index (κ2) is 9.73. The van der Waals surface area contributed by atoms with Crippen molar-refractivity contribution < 1.29 is 0 Å². The van der Waals surface area contributed by atoms with E-state index in [1.807, 2.05) is 25.4 Å². The van der Waals surface area contributed by atoms with Crippen molar-refractivity contribution in [2.75, 3.05) is 4.90 Å². The number of benzene rings is 4. The summed E-state index contributed by atoms with van der Waals surface area (Å²) >= 11 is 1.73. The molecular weight excluding hydrogens is 559 g/mol. The minimum absolute atomic E-state index is 0.847. The maximum Gasteiger partial charge on any atom is 0.145 e. The van der Waals surface area contributed by atoms with Crippen LogP contribution in [-0.4, -0.2) is 19.4 Å². The lowest BCUT2D eigenvalue weighted by atomic mass is 10.0. The number of hydrogen-bond acceptors (Lipinski definition) is 5.